The molecule has 1 aromatic rings. The van der Waals surface area contributed by atoms with Crippen LogP contribution >= 0.6 is 11.8 Å². The molecule has 0 saturated carbocycles. The predicted molar refractivity (Wildman–Crippen MR) is 88.2 cm³/mol. The van der Waals surface area contributed by atoms with Crippen LogP contribution < -0.4 is 10.6 Å². The van der Waals surface area contributed by atoms with Crippen LogP contribution in [0.25, 0.3) is 0 Å². The number of carbonyl (C=O) groups is 2. The normalized spacial score (nSPS) is 10.5. The van der Waals surface area contributed by atoms with Gasteiger partial charge in [-0.15, -0.1) is 11.8 Å². The SMILES string of the molecule is Cc1ccc(CSCC(=O)NCCNC(=O)C(C)C)cc1. The zero-order valence-corrected chi connectivity index (χ0v) is 13.8. The fourth-order valence-corrected chi connectivity index (χ4v) is 2.41. The highest BCUT2D eigenvalue weighted by Gasteiger charge is 2.06. The van der Waals surface area contributed by atoms with Crippen LogP contribution in [0.4, 0.5) is 0 Å². The first-order chi connectivity index (χ1) is 9.99. The number of nitrogens with one attached hydrogen (secondary N) is 2. The number of hydrogen-bond acceptors (Lipinski definition) is 3. The number of carbonyl (C=O) groups excluding carboxylic acids is 2. The molecular weight excluding hydrogens is 284 g/mol. The number of amides is 2. The van der Waals surface area contributed by atoms with Crippen molar-refractivity contribution < 1.29 is 9.59 Å². The van der Waals surface area contributed by atoms with E-state index < -0.39 is 0 Å². The van der Waals surface area contributed by atoms with Gasteiger partial charge < -0.3 is 10.6 Å². The summed E-state index contributed by atoms with van der Waals surface area (Å²) in [4.78, 5) is 22.9. The third kappa shape index (κ3) is 7.75. The lowest BCUT2D eigenvalue weighted by molar-refractivity contribution is -0.124. The van der Waals surface area contributed by atoms with E-state index in [1.165, 1.54) is 11.1 Å². The summed E-state index contributed by atoms with van der Waals surface area (Å²) in [6, 6.07) is 8.32. The molecule has 0 heterocycles. The topological polar surface area (TPSA) is 58.2 Å². The number of aryl methyl sites for hydroxylation is 1. The Bertz CT molecular complexity index is 458. The number of hydrogen-bond donors (Lipinski definition) is 2. The highest BCUT2D eigenvalue weighted by molar-refractivity contribution is 7.99. The molecule has 21 heavy (non-hydrogen) atoms. The smallest absolute Gasteiger partial charge is 0.230 e. The Morgan fingerprint density at radius 2 is 1.71 bits per heavy atom. The quantitative estimate of drug-likeness (QED) is 0.723. The highest BCUT2D eigenvalue weighted by Crippen LogP contribution is 2.12. The molecule has 116 valence electrons. The fourth-order valence-electron chi connectivity index (χ4n) is 1.59. The average molecular weight is 308 g/mol. The van der Waals surface area contributed by atoms with Gasteiger partial charge >= 0.3 is 0 Å². The second kappa shape index (κ2) is 9.45. The third-order valence-corrected chi connectivity index (χ3v) is 3.90. The molecule has 0 aliphatic rings. The van der Waals surface area contributed by atoms with Crippen LogP contribution in [0.15, 0.2) is 24.3 Å². The van der Waals surface area contributed by atoms with Crippen molar-refractivity contribution in [2.24, 2.45) is 5.92 Å². The van der Waals surface area contributed by atoms with Crippen LogP contribution in [0.2, 0.25) is 0 Å². The molecule has 2 amide bonds. The van der Waals surface area contributed by atoms with Crippen LogP contribution in [0.5, 0.6) is 0 Å². The van der Waals surface area contributed by atoms with E-state index in [0.29, 0.717) is 18.8 Å². The largest absolute Gasteiger partial charge is 0.354 e. The van der Waals surface area contributed by atoms with Gasteiger partial charge in [0.1, 0.15) is 0 Å². The van der Waals surface area contributed by atoms with E-state index in [1.807, 2.05) is 13.8 Å². The van der Waals surface area contributed by atoms with E-state index in [-0.39, 0.29) is 17.7 Å². The van der Waals surface area contributed by atoms with E-state index in [9.17, 15) is 9.59 Å². The van der Waals surface area contributed by atoms with Gasteiger partial charge in [-0.1, -0.05) is 43.7 Å². The van der Waals surface area contributed by atoms with Crippen LogP contribution in [-0.4, -0.2) is 30.7 Å². The molecule has 0 radical (unpaired) electrons. The minimum atomic E-state index is -0.0224. The first kappa shape index (κ1) is 17.6. The van der Waals surface area contributed by atoms with Crippen molar-refractivity contribution in [1.29, 1.82) is 0 Å². The first-order valence-electron chi connectivity index (χ1n) is 7.16. The highest BCUT2D eigenvalue weighted by atomic mass is 32.2. The lowest BCUT2D eigenvalue weighted by atomic mass is 10.2. The Morgan fingerprint density at radius 3 is 2.33 bits per heavy atom. The van der Waals surface area contributed by atoms with Gasteiger partial charge in [0.15, 0.2) is 0 Å². The minimum absolute atomic E-state index is 0.00547. The van der Waals surface area contributed by atoms with Crippen molar-refractivity contribution in [2.45, 2.75) is 26.5 Å². The number of rotatable bonds is 8. The van der Waals surface area contributed by atoms with Crippen LogP contribution in [-0.2, 0) is 15.3 Å². The molecule has 0 atom stereocenters. The summed E-state index contributed by atoms with van der Waals surface area (Å²) in [5.41, 5.74) is 2.47. The van der Waals surface area contributed by atoms with Crippen molar-refractivity contribution in [3.63, 3.8) is 0 Å². The Kier molecular flexibility index (Phi) is 7.90. The van der Waals surface area contributed by atoms with Gasteiger partial charge in [-0.3, -0.25) is 9.59 Å². The first-order valence-corrected chi connectivity index (χ1v) is 8.32. The molecule has 0 saturated heterocycles. The summed E-state index contributed by atoms with van der Waals surface area (Å²) in [6.07, 6.45) is 0. The van der Waals surface area contributed by atoms with Crippen molar-refractivity contribution in [2.75, 3.05) is 18.8 Å². The molecule has 4 nitrogen and oxygen atoms in total. The second-order valence-corrected chi connectivity index (χ2v) is 6.26. The monoisotopic (exact) mass is 308 g/mol. The number of thioether (sulfide) groups is 1. The van der Waals surface area contributed by atoms with E-state index in [4.69, 9.17) is 0 Å². The molecule has 0 aliphatic heterocycles. The average Bonchev–Trinajstić information content (AvgIpc) is 2.45. The van der Waals surface area contributed by atoms with Crippen molar-refractivity contribution >= 4 is 23.6 Å². The maximum atomic E-state index is 11.6. The van der Waals surface area contributed by atoms with Gasteiger partial charge in [0.25, 0.3) is 0 Å². The standard InChI is InChI=1S/C16H24N2O2S/c1-12(2)16(20)18-9-8-17-15(19)11-21-10-14-6-4-13(3)5-7-14/h4-7,12H,8-11H2,1-3H3,(H,17,19)(H,18,20). The molecule has 0 aliphatic carbocycles. The van der Waals surface area contributed by atoms with Gasteiger partial charge in [-0.05, 0) is 12.5 Å². The minimum Gasteiger partial charge on any atom is -0.354 e. The van der Waals surface area contributed by atoms with Gasteiger partial charge in [0.05, 0.1) is 5.75 Å². The lowest BCUT2D eigenvalue weighted by Crippen LogP contribution is -2.36. The zero-order valence-electron chi connectivity index (χ0n) is 12.9. The Morgan fingerprint density at radius 1 is 1.10 bits per heavy atom. The molecular formula is C16H24N2O2S. The molecule has 1 rings (SSSR count). The van der Waals surface area contributed by atoms with Crippen LogP contribution in [0.3, 0.4) is 0 Å². The molecule has 0 unspecified atom stereocenters. The van der Waals surface area contributed by atoms with Crippen molar-refractivity contribution in [3.8, 4) is 0 Å². The van der Waals surface area contributed by atoms with Crippen LogP contribution in [0.1, 0.15) is 25.0 Å². The molecule has 0 fully saturated rings. The van der Waals surface area contributed by atoms with E-state index in [2.05, 4.69) is 41.8 Å². The molecule has 0 bridgehead atoms. The van der Waals surface area contributed by atoms with Crippen LogP contribution in [0, 0.1) is 12.8 Å². The summed E-state index contributed by atoms with van der Waals surface area (Å²) in [5.74, 6) is 1.26. The van der Waals surface area contributed by atoms with Crippen molar-refractivity contribution in [1.82, 2.24) is 10.6 Å². The third-order valence-electron chi connectivity index (χ3n) is 2.89. The second-order valence-electron chi connectivity index (χ2n) is 5.27. The molecule has 1 aromatic carbocycles. The summed E-state index contributed by atoms with van der Waals surface area (Å²) < 4.78 is 0. The Balaban J connectivity index is 2.09. The van der Waals surface area contributed by atoms with Gasteiger partial charge in [0.2, 0.25) is 11.8 Å². The van der Waals surface area contributed by atoms with Gasteiger partial charge in [-0.2, -0.15) is 0 Å². The molecule has 0 aromatic heterocycles. The number of benzene rings is 1. The summed E-state index contributed by atoms with van der Waals surface area (Å²) in [5, 5.41) is 5.56. The Labute approximate surface area is 131 Å². The predicted octanol–water partition coefficient (Wildman–Crippen LogP) is 2.12. The van der Waals surface area contributed by atoms with Gasteiger partial charge in [-0.25, -0.2) is 0 Å². The summed E-state index contributed by atoms with van der Waals surface area (Å²) in [7, 11) is 0. The summed E-state index contributed by atoms with van der Waals surface area (Å²) >= 11 is 1.59. The van der Waals surface area contributed by atoms with E-state index >= 15 is 0 Å². The zero-order chi connectivity index (χ0) is 15.7. The van der Waals surface area contributed by atoms with E-state index in [1.54, 1.807) is 11.8 Å². The molecule has 5 heteroatoms. The maximum absolute atomic E-state index is 11.6. The molecule has 0 spiro atoms. The van der Waals surface area contributed by atoms with E-state index in [0.717, 1.165) is 5.75 Å². The molecule has 2 N–H and O–H groups in total. The van der Waals surface area contributed by atoms with Crippen molar-refractivity contribution in [3.05, 3.63) is 35.4 Å². The maximum Gasteiger partial charge on any atom is 0.230 e. The van der Waals surface area contributed by atoms with Gasteiger partial charge in [0, 0.05) is 24.8 Å². The Hall–Kier alpha value is -1.49. The lowest BCUT2D eigenvalue weighted by Gasteiger charge is -2.08. The summed E-state index contributed by atoms with van der Waals surface area (Å²) in [6.45, 7) is 6.70. The fraction of sp³-hybridized carbons (Fsp3) is 0.500.